The molecule has 0 fully saturated rings. The Bertz CT molecular complexity index is 554. The molecule has 2 heteroatoms. The van der Waals surface area contributed by atoms with Crippen molar-refractivity contribution in [2.24, 2.45) is 0 Å². The molecular formula is C17H18BrN. The van der Waals surface area contributed by atoms with E-state index in [1.165, 1.54) is 21.2 Å². The van der Waals surface area contributed by atoms with Gasteiger partial charge in [-0.05, 0) is 42.5 Å². The molecule has 0 bridgehead atoms. The molecule has 2 aromatic rings. The van der Waals surface area contributed by atoms with Gasteiger partial charge in [0.2, 0.25) is 0 Å². The lowest BCUT2D eigenvalue weighted by molar-refractivity contribution is 0.466. The van der Waals surface area contributed by atoms with Crippen LogP contribution in [0.25, 0.3) is 0 Å². The average Bonchev–Trinajstić information content (AvgIpc) is 2.81. The second kappa shape index (κ2) is 5.48. The fourth-order valence-electron chi connectivity index (χ4n) is 2.95. The van der Waals surface area contributed by atoms with Gasteiger partial charge in [0.15, 0.2) is 0 Å². The molecule has 0 saturated heterocycles. The van der Waals surface area contributed by atoms with Crippen LogP contribution in [0.3, 0.4) is 0 Å². The third-order valence-electron chi connectivity index (χ3n) is 3.91. The van der Waals surface area contributed by atoms with Gasteiger partial charge in [0.1, 0.15) is 0 Å². The van der Waals surface area contributed by atoms with Gasteiger partial charge in [0.25, 0.3) is 0 Å². The predicted octanol–water partition coefficient (Wildman–Crippen LogP) is 4.27. The molecule has 1 nitrogen and oxygen atoms in total. The highest BCUT2D eigenvalue weighted by Gasteiger charge is 2.22. The van der Waals surface area contributed by atoms with Crippen LogP contribution in [0, 0.1) is 0 Å². The number of benzene rings is 2. The summed E-state index contributed by atoms with van der Waals surface area (Å²) in [5.74, 6) is 0. The minimum absolute atomic E-state index is 0.370. The quantitative estimate of drug-likeness (QED) is 0.892. The van der Waals surface area contributed by atoms with Crippen LogP contribution in [-0.4, -0.2) is 6.04 Å². The summed E-state index contributed by atoms with van der Waals surface area (Å²) in [6, 6.07) is 18.2. The largest absolute Gasteiger partial charge is 0.307 e. The smallest absolute Gasteiger partial charge is 0.0305 e. The number of hydrogen-bond acceptors (Lipinski definition) is 1. The van der Waals surface area contributed by atoms with E-state index < -0.39 is 0 Å². The summed E-state index contributed by atoms with van der Waals surface area (Å²) in [6.45, 7) is 2.24. The highest BCUT2D eigenvalue weighted by molar-refractivity contribution is 9.10. The van der Waals surface area contributed by atoms with Gasteiger partial charge in [-0.2, -0.15) is 0 Å². The van der Waals surface area contributed by atoms with E-state index >= 15 is 0 Å². The molecule has 1 aliphatic carbocycles. The molecule has 0 unspecified atom stereocenters. The molecule has 1 atom stereocenters. The van der Waals surface area contributed by atoms with E-state index in [0.29, 0.717) is 12.1 Å². The molecule has 3 rings (SSSR count). The highest BCUT2D eigenvalue weighted by Crippen LogP contribution is 2.27. The molecule has 0 saturated carbocycles. The van der Waals surface area contributed by atoms with Crippen molar-refractivity contribution in [2.45, 2.75) is 31.8 Å². The Morgan fingerprint density at radius 2 is 1.58 bits per heavy atom. The number of halogens is 1. The highest BCUT2D eigenvalue weighted by atomic mass is 79.9. The third-order valence-corrected chi connectivity index (χ3v) is 4.63. The van der Waals surface area contributed by atoms with Crippen molar-refractivity contribution in [3.05, 3.63) is 69.7 Å². The molecule has 98 valence electrons. The van der Waals surface area contributed by atoms with Gasteiger partial charge >= 0.3 is 0 Å². The van der Waals surface area contributed by atoms with Crippen molar-refractivity contribution < 1.29 is 0 Å². The third kappa shape index (κ3) is 2.75. The van der Waals surface area contributed by atoms with Crippen LogP contribution in [0.4, 0.5) is 0 Å². The van der Waals surface area contributed by atoms with E-state index in [0.717, 1.165) is 12.8 Å². The zero-order valence-corrected chi connectivity index (χ0v) is 12.7. The van der Waals surface area contributed by atoms with Gasteiger partial charge in [-0.25, -0.2) is 0 Å². The number of nitrogens with one attached hydrogen (secondary N) is 1. The number of rotatable bonds is 3. The summed E-state index contributed by atoms with van der Waals surface area (Å²) in [5.41, 5.74) is 4.33. The molecule has 0 radical (unpaired) electrons. The first kappa shape index (κ1) is 12.9. The van der Waals surface area contributed by atoms with Crippen molar-refractivity contribution in [3.8, 4) is 0 Å². The first-order valence-electron chi connectivity index (χ1n) is 6.81. The van der Waals surface area contributed by atoms with Crippen LogP contribution in [0.1, 0.15) is 29.7 Å². The standard InChI is InChI=1S/C17H18BrN/c1-12(16-8-4-5-9-17(16)18)19-15-10-13-6-2-3-7-14(13)11-15/h2-9,12,15,19H,10-11H2,1H3/t12-/m0/s1. The zero-order chi connectivity index (χ0) is 13.2. The summed E-state index contributed by atoms with van der Waals surface area (Å²) in [5, 5.41) is 3.75. The monoisotopic (exact) mass is 315 g/mol. The van der Waals surface area contributed by atoms with Crippen LogP contribution in [0.5, 0.6) is 0 Å². The van der Waals surface area contributed by atoms with Crippen molar-refractivity contribution >= 4 is 15.9 Å². The Labute approximate surface area is 123 Å². The fourth-order valence-corrected chi connectivity index (χ4v) is 3.57. The Morgan fingerprint density at radius 1 is 1.00 bits per heavy atom. The molecule has 0 spiro atoms. The SMILES string of the molecule is C[C@H](NC1Cc2ccccc2C1)c1ccccc1Br. The lowest BCUT2D eigenvalue weighted by atomic mass is 10.1. The second-order valence-corrected chi connectivity index (χ2v) is 6.14. The lowest BCUT2D eigenvalue weighted by Gasteiger charge is -2.20. The first-order valence-corrected chi connectivity index (χ1v) is 7.60. The van der Waals surface area contributed by atoms with Crippen LogP contribution in [0.2, 0.25) is 0 Å². The normalized spacial score (nSPS) is 16.3. The Kier molecular flexibility index (Phi) is 3.72. The summed E-state index contributed by atoms with van der Waals surface area (Å²) in [4.78, 5) is 0. The molecule has 1 aliphatic rings. The molecule has 2 aromatic carbocycles. The Balaban J connectivity index is 1.69. The number of fused-ring (bicyclic) bond motifs is 1. The summed E-state index contributed by atoms with van der Waals surface area (Å²) < 4.78 is 1.19. The number of hydrogen-bond donors (Lipinski definition) is 1. The van der Waals surface area contributed by atoms with Crippen LogP contribution >= 0.6 is 15.9 Å². The maximum atomic E-state index is 3.75. The van der Waals surface area contributed by atoms with Crippen LogP contribution in [-0.2, 0) is 12.8 Å². The van der Waals surface area contributed by atoms with Crippen LogP contribution in [0.15, 0.2) is 53.0 Å². The average molecular weight is 316 g/mol. The zero-order valence-electron chi connectivity index (χ0n) is 11.1. The summed E-state index contributed by atoms with van der Waals surface area (Å²) >= 11 is 3.63. The van der Waals surface area contributed by atoms with E-state index in [9.17, 15) is 0 Å². The van der Waals surface area contributed by atoms with E-state index in [4.69, 9.17) is 0 Å². The Hall–Kier alpha value is -1.12. The van der Waals surface area contributed by atoms with E-state index in [2.05, 4.69) is 76.7 Å². The van der Waals surface area contributed by atoms with Crippen molar-refractivity contribution in [2.75, 3.05) is 0 Å². The van der Waals surface area contributed by atoms with Gasteiger partial charge in [-0.3, -0.25) is 0 Å². The Morgan fingerprint density at radius 3 is 2.21 bits per heavy atom. The molecular weight excluding hydrogens is 298 g/mol. The lowest BCUT2D eigenvalue weighted by Crippen LogP contribution is -2.32. The van der Waals surface area contributed by atoms with Gasteiger partial charge in [-0.15, -0.1) is 0 Å². The maximum Gasteiger partial charge on any atom is 0.0305 e. The first-order chi connectivity index (χ1) is 9.24. The van der Waals surface area contributed by atoms with Crippen LogP contribution < -0.4 is 5.32 Å². The van der Waals surface area contributed by atoms with Crippen molar-refractivity contribution in [1.29, 1.82) is 0 Å². The topological polar surface area (TPSA) is 12.0 Å². The van der Waals surface area contributed by atoms with Gasteiger partial charge < -0.3 is 5.32 Å². The summed E-state index contributed by atoms with van der Waals surface area (Å²) in [7, 11) is 0. The second-order valence-electron chi connectivity index (χ2n) is 5.28. The van der Waals surface area contributed by atoms with E-state index in [-0.39, 0.29) is 0 Å². The molecule has 0 aliphatic heterocycles. The van der Waals surface area contributed by atoms with Gasteiger partial charge in [-0.1, -0.05) is 58.4 Å². The van der Waals surface area contributed by atoms with Gasteiger partial charge in [0.05, 0.1) is 0 Å². The predicted molar refractivity (Wildman–Crippen MR) is 83.3 cm³/mol. The summed E-state index contributed by atoms with van der Waals surface area (Å²) in [6.07, 6.45) is 2.29. The molecule has 19 heavy (non-hydrogen) atoms. The minimum atomic E-state index is 0.370. The molecule has 0 heterocycles. The molecule has 1 N–H and O–H groups in total. The maximum absolute atomic E-state index is 3.75. The van der Waals surface area contributed by atoms with Gasteiger partial charge in [0, 0.05) is 16.6 Å². The fraction of sp³-hybridized carbons (Fsp3) is 0.294. The van der Waals surface area contributed by atoms with E-state index in [1.54, 1.807) is 0 Å². The molecule has 0 aromatic heterocycles. The van der Waals surface area contributed by atoms with Crippen molar-refractivity contribution in [3.63, 3.8) is 0 Å². The minimum Gasteiger partial charge on any atom is -0.307 e. The molecule has 0 amide bonds. The van der Waals surface area contributed by atoms with Crippen molar-refractivity contribution in [1.82, 2.24) is 5.32 Å². The van der Waals surface area contributed by atoms with E-state index in [1.807, 2.05) is 0 Å².